The van der Waals surface area contributed by atoms with Crippen molar-refractivity contribution in [2.75, 3.05) is 44.2 Å². The first-order valence-corrected chi connectivity index (χ1v) is 6.67. The summed E-state index contributed by atoms with van der Waals surface area (Å²) in [6, 6.07) is 0. The molecule has 4 heteroatoms. The van der Waals surface area contributed by atoms with Crippen LogP contribution in [0.15, 0.2) is 0 Å². The molecule has 0 amide bonds. The third-order valence-corrected chi connectivity index (χ3v) is 3.65. The molecule has 2 N–H and O–H groups in total. The largest absolute Gasteiger partial charge is 0.391 e. The first-order chi connectivity index (χ1) is 6.83. The number of aliphatic hydroxyl groups excluding tert-OH is 1. The Morgan fingerprint density at radius 1 is 1.43 bits per heavy atom. The minimum Gasteiger partial charge on any atom is -0.391 e. The summed E-state index contributed by atoms with van der Waals surface area (Å²) < 4.78 is 0. The van der Waals surface area contributed by atoms with Crippen molar-refractivity contribution < 1.29 is 5.11 Å². The van der Waals surface area contributed by atoms with Crippen LogP contribution in [0.2, 0.25) is 0 Å². The van der Waals surface area contributed by atoms with Crippen molar-refractivity contribution in [3.05, 3.63) is 0 Å². The summed E-state index contributed by atoms with van der Waals surface area (Å²) in [7, 11) is 0. The van der Waals surface area contributed by atoms with E-state index in [0.717, 1.165) is 38.5 Å². The molecule has 84 valence electrons. The van der Waals surface area contributed by atoms with E-state index in [4.69, 9.17) is 0 Å². The van der Waals surface area contributed by atoms with E-state index in [2.05, 4.69) is 17.1 Å². The highest BCUT2D eigenvalue weighted by Gasteiger charge is 2.13. The molecule has 1 atom stereocenters. The molecular weight excluding hydrogens is 196 g/mol. The van der Waals surface area contributed by atoms with E-state index in [1.807, 2.05) is 11.8 Å². The number of piperazine rings is 1. The fraction of sp³-hybridized carbons (Fsp3) is 1.00. The van der Waals surface area contributed by atoms with E-state index < -0.39 is 0 Å². The van der Waals surface area contributed by atoms with E-state index >= 15 is 0 Å². The molecule has 3 nitrogen and oxygen atoms in total. The molecule has 0 aromatic rings. The minimum absolute atomic E-state index is 0.148. The third kappa shape index (κ3) is 5.20. The predicted molar refractivity (Wildman–Crippen MR) is 62.9 cm³/mol. The van der Waals surface area contributed by atoms with Crippen LogP contribution in [0.4, 0.5) is 0 Å². The highest BCUT2D eigenvalue weighted by atomic mass is 32.2. The van der Waals surface area contributed by atoms with Gasteiger partial charge in [0, 0.05) is 38.5 Å². The molecule has 0 spiro atoms. The SMILES string of the molecule is CCCSCC(O)CN1CCNCC1. The smallest absolute Gasteiger partial charge is 0.0757 e. The summed E-state index contributed by atoms with van der Waals surface area (Å²) in [6.07, 6.45) is 1.05. The van der Waals surface area contributed by atoms with Crippen molar-refractivity contribution in [3.63, 3.8) is 0 Å². The topological polar surface area (TPSA) is 35.5 Å². The van der Waals surface area contributed by atoms with Crippen LogP contribution in [-0.2, 0) is 0 Å². The number of hydrogen-bond donors (Lipinski definition) is 2. The molecular formula is C10H22N2OS. The molecule has 1 unspecified atom stereocenters. The first kappa shape index (κ1) is 12.3. The van der Waals surface area contributed by atoms with Crippen LogP contribution in [0.25, 0.3) is 0 Å². The highest BCUT2D eigenvalue weighted by molar-refractivity contribution is 7.99. The summed E-state index contributed by atoms with van der Waals surface area (Å²) in [5.41, 5.74) is 0. The summed E-state index contributed by atoms with van der Waals surface area (Å²) >= 11 is 1.86. The maximum atomic E-state index is 9.75. The molecule has 0 aliphatic carbocycles. The van der Waals surface area contributed by atoms with E-state index in [1.54, 1.807) is 0 Å². The van der Waals surface area contributed by atoms with Gasteiger partial charge in [0.2, 0.25) is 0 Å². The molecule has 1 heterocycles. The number of hydrogen-bond acceptors (Lipinski definition) is 4. The molecule has 0 bridgehead atoms. The van der Waals surface area contributed by atoms with Gasteiger partial charge < -0.3 is 10.4 Å². The molecule has 1 saturated heterocycles. The molecule has 0 aromatic carbocycles. The summed E-state index contributed by atoms with van der Waals surface area (Å²) in [5, 5.41) is 13.1. The van der Waals surface area contributed by atoms with E-state index in [0.29, 0.717) is 0 Å². The Morgan fingerprint density at radius 3 is 2.79 bits per heavy atom. The zero-order valence-electron chi connectivity index (χ0n) is 9.04. The number of aliphatic hydroxyl groups is 1. The van der Waals surface area contributed by atoms with Crippen LogP contribution in [0, 0.1) is 0 Å². The van der Waals surface area contributed by atoms with Gasteiger partial charge in [0.25, 0.3) is 0 Å². The molecule has 0 aromatic heterocycles. The van der Waals surface area contributed by atoms with Gasteiger partial charge in [-0.05, 0) is 12.2 Å². The Labute approximate surface area is 91.2 Å². The Balaban J connectivity index is 2.03. The lowest BCUT2D eigenvalue weighted by atomic mass is 10.3. The average Bonchev–Trinajstić information content (AvgIpc) is 2.20. The van der Waals surface area contributed by atoms with Crippen molar-refractivity contribution in [2.45, 2.75) is 19.4 Å². The Bertz CT molecular complexity index is 140. The molecule has 0 saturated carbocycles. The lowest BCUT2D eigenvalue weighted by molar-refractivity contribution is 0.121. The second-order valence-electron chi connectivity index (χ2n) is 3.78. The Kier molecular flexibility index (Phi) is 6.60. The van der Waals surface area contributed by atoms with Gasteiger partial charge in [-0.1, -0.05) is 6.92 Å². The van der Waals surface area contributed by atoms with E-state index in [9.17, 15) is 5.11 Å². The maximum absolute atomic E-state index is 9.75. The molecule has 14 heavy (non-hydrogen) atoms. The van der Waals surface area contributed by atoms with Crippen molar-refractivity contribution >= 4 is 11.8 Å². The van der Waals surface area contributed by atoms with Crippen LogP contribution in [-0.4, -0.2) is 60.3 Å². The molecule has 1 aliphatic heterocycles. The molecule has 1 rings (SSSR count). The lowest BCUT2D eigenvalue weighted by Gasteiger charge is -2.28. The fourth-order valence-electron chi connectivity index (χ4n) is 1.61. The number of nitrogens with zero attached hydrogens (tertiary/aromatic N) is 1. The zero-order chi connectivity index (χ0) is 10.2. The number of rotatable bonds is 6. The summed E-state index contributed by atoms with van der Waals surface area (Å²) in [4.78, 5) is 2.34. The lowest BCUT2D eigenvalue weighted by Crippen LogP contribution is -2.46. The van der Waals surface area contributed by atoms with Gasteiger partial charge in [-0.2, -0.15) is 11.8 Å². The summed E-state index contributed by atoms with van der Waals surface area (Å²) in [5.74, 6) is 2.05. The predicted octanol–water partition coefficient (Wildman–Crippen LogP) is 0.396. The Hall–Kier alpha value is 0.230. The second kappa shape index (κ2) is 7.51. The third-order valence-electron chi connectivity index (χ3n) is 2.34. The molecule has 1 aliphatic rings. The molecule has 0 radical (unpaired) electrons. The zero-order valence-corrected chi connectivity index (χ0v) is 9.85. The van der Waals surface area contributed by atoms with Crippen molar-refractivity contribution in [2.24, 2.45) is 0 Å². The first-order valence-electron chi connectivity index (χ1n) is 5.51. The second-order valence-corrected chi connectivity index (χ2v) is 4.93. The van der Waals surface area contributed by atoms with Crippen LogP contribution in [0.1, 0.15) is 13.3 Å². The standard InChI is InChI=1S/C10H22N2OS/c1-2-7-14-9-10(13)8-12-5-3-11-4-6-12/h10-11,13H,2-9H2,1H3. The van der Waals surface area contributed by atoms with Gasteiger partial charge in [-0.3, -0.25) is 4.90 Å². The van der Waals surface area contributed by atoms with E-state index in [1.165, 1.54) is 12.2 Å². The number of thioether (sulfide) groups is 1. The number of nitrogens with one attached hydrogen (secondary N) is 1. The van der Waals surface area contributed by atoms with Crippen LogP contribution in [0.5, 0.6) is 0 Å². The van der Waals surface area contributed by atoms with Gasteiger partial charge in [0.05, 0.1) is 6.10 Å². The number of β-amino-alcohol motifs (C(OH)–C–C–N with tert-alkyl or cyclic N) is 1. The monoisotopic (exact) mass is 218 g/mol. The minimum atomic E-state index is -0.148. The quantitative estimate of drug-likeness (QED) is 0.633. The van der Waals surface area contributed by atoms with Gasteiger partial charge >= 0.3 is 0 Å². The van der Waals surface area contributed by atoms with Crippen LogP contribution < -0.4 is 5.32 Å². The van der Waals surface area contributed by atoms with Crippen LogP contribution >= 0.6 is 11.8 Å². The van der Waals surface area contributed by atoms with Crippen molar-refractivity contribution in [3.8, 4) is 0 Å². The summed E-state index contributed by atoms with van der Waals surface area (Å²) in [6.45, 7) is 7.31. The van der Waals surface area contributed by atoms with Gasteiger partial charge in [-0.25, -0.2) is 0 Å². The maximum Gasteiger partial charge on any atom is 0.0757 e. The molecule has 1 fully saturated rings. The fourth-order valence-corrected chi connectivity index (χ4v) is 2.44. The van der Waals surface area contributed by atoms with Crippen LogP contribution in [0.3, 0.4) is 0 Å². The van der Waals surface area contributed by atoms with Gasteiger partial charge in [0.15, 0.2) is 0 Å². The van der Waals surface area contributed by atoms with Crippen molar-refractivity contribution in [1.82, 2.24) is 10.2 Å². The Morgan fingerprint density at radius 2 is 2.14 bits per heavy atom. The average molecular weight is 218 g/mol. The van der Waals surface area contributed by atoms with E-state index in [-0.39, 0.29) is 6.10 Å². The van der Waals surface area contributed by atoms with Gasteiger partial charge in [0.1, 0.15) is 0 Å². The normalized spacial score (nSPS) is 21.0. The highest BCUT2D eigenvalue weighted by Crippen LogP contribution is 2.06. The van der Waals surface area contributed by atoms with Gasteiger partial charge in [-0.15, -0.1) is 0 Å². The van der Waals surface area contributed by atoms with Crippen molar-refractivity contribution in [1.29, 1.82) is 0 Å².